The lowest BCUT2D eigenvalue weighted by Gasteiger charge is -2.30. The molecule has 1 heterocycles. The average molecular weight is 300 g/mol. The third-order valence-electron chi connectivity index (χ3n) is 3.89. The summed E-state index contributed by atoms with van der Waals surface area (Å²) in [4.78, 5) is 4.21. The van der Waals surface area contributed by atoms with Crippen molar-refractivity contribution in [3.05, 3.63) is 23.7 Å². The second kappa shape index (κ2) is 5.24. The quantitative estimate of drug-likeness (QED) is 0.859. The fourth-order valence-corrected chi connectivity index (χ4v) is 3.46. The summed E-state index contributed by atoms with van der Waals surface area (Å²) >= 11 is 1.57. The van der Waals surface area contributed by atoms with Gasteiger partial charge in [-0.2, -0.15) is 13.2 Å². The molecule has 0 bridgehead atoms. The SMILES string of the molecule is FC(F)(F)C1CCC(Nc2ccc3ncsc3c2)CC1. The zero-order valence-corrected chi connectivity index (χ0v) is 11.6. The van der Waals surface area contributed by atoms with Crippen LogP contribution in [0.2, 0.25) is 0 Å². The van der Waals surface area contributed by atoms with E-state index in [2.05, 4.69) is 10.3 Å². The lowest BCUT2D eigenvalue weighted by atomic mass is 9.85. The van der Waals surface area contributed by atoms with E-state index >= 15 is 0 Å². The molecule has 0 atom stereocenters. The minimum absolute atomic E-state index is 0.138. The van der Waals surface area contributed by atoms with E-state index in [1.165, 1.54) is 0 Å². The number of hydrogen-bond acceptors (Lipinski definition) is 3. The number of nitrogens with zero attached hydrogens (tertiary/aromatic N) is 1. The Bertz CT molecular complexity index is 585. The third-order valence-corrected chi connectivity index (χ3v) is 4.68. The number of thiazole rings is 1. The first-order valence-electron chi connectivity index (χ1n) is 6.69. The molecule has 3 rings (SSSR count). The molecular weight excluding hydrogens is 285 g/mol. The smallest absolute Gasteiger partial charge is 0.382 e. The predicted octanol–water partition coefficient (Wildman–Crippen LogP) is 4.83. The van der Waals surface area contributed by atoms with Crippen molar-refractivity contribution in [3.63, 3.8) is 0 Å². The van der Waals surface area contributed by atoms with Gasteiger partial charge in [0.05, 0.1) is 21.6 Å². The van der Waals surface area contributed by atoms with E-state index in [-0.39, 0.29) is 18.9 Å². The van der Waals surface area contributed by atoms with Crippen molar-refractivity contribution in [1.29, 1.82) is 0 Å². The summed E-state index contributed by atoms with van der Waals surface area (Å²) in [7, 11) is 0. The summed E-state index contributed by atoms with van der Waals surface area (Å²) in [5.41, 5.74) is 3.72. The molecule has 0 radical (unpaired) electrons. The molecule has 1 N–H and O–H groups in total. The van der Waals surface area contributed by atoms with Crippen LogP contribution in [0.25, 0.3) is 10.2 Å². The third kappa shape index (κ3) is 2.90. The standard InChI is InChI=1S/C14H15F3N2S/c15-14(16,17)9-1-3-10(4-2-9)19-11-5-6-12-13(7-11)20-8-18-12/h5-10,19H,1-4H2. The molecule has 0 aliphatic heterocycles. The molecule has 1 aromatic heterocycles. The van der Waals surface area contributed by atoms with E-state index in [4.69, 9.17) is 0 Å². The Balaban J connectivity index is 1.62. The number of benzene rings is 1. The van der Waals surface area contributed by atoms with Gasteiger partial charge in [0.15, 0.2) is 0 Å². The molecule has 2 aromatic rings. The molecule has 0 amide bonds. The molecule has 1 fully saturated rings. The van der Waals surface area contributed by atoms with Gasteiger partial charge in [0.1, 0.15) is 0 Å². The second-order valence-electron chi connectivity index (χ2n) is 5.27. The molecular formula is C14H15F3N2S. The van der Waals surface area contributed by atoms with Crippen molar-refractivity contribution in [2.75, 3.05) is 5.32 Å². The van der Waals surface area contributed by atoms with Gasteiger partial charge in [-0.05, 0) is 43.9 Å². The minimum atomic E-state index is -4.04. The van der Waals surface area contributed by atoms with Gasteiger partial charge in [-0.1, -0.05) is 0 Å². The predicted molar refractivity (Wildman–Crippen MR) is 75.0 cm³/mol. The Morgan fingerprint density at radius 2 is 1.90 bits per heavy atom. The summed E-state index contributed by atoms with van der Waals surface area (Å²) in [5, 5.41) is 3.35. The molecule has 0 saturated heterocycles. The summed E-state index contributed by atoms with van der Waals surface area (Å²) in [6, 6.07) is 6.04. The van der Waals surface area contributed by atoms with E-state index < -0.39 is 12.1 Å². The van der Waals surface area contributed by atoms with E-state index in [1.54, 1.807) is 16.8 Å². The highest BCUT2D eigenvalue weighted by Gasteiger charge is 2.41. The lowest BCUT2D eigenvalue weighted by Crippen LogP contribution is -2.32. The molecule has 108 valence electrons. The number of aromatic nitrogens is 1. The molecule has 2 nitrogen and oxygen atoms in total. The molecule has 20 heavy (non-hydrogen) atoms. The van der Waals surface area contributed by atoms with Crippen LogP contribution < -0.4 is 5.32 Å². The van der Waals surface area contributed by atoms with E-state index in [0.717, 1.165) is 15.9 Å². The summed E-state index contributed by atoms with van der Waals surface area (Å²) < 4.78 is 38.9. The molecule has 1 aromatic carbocycles. The molecule has 1 aliphatic carbocycles. The maximum Gasteiger partial charge on any atom is 0.391 e. The van der Waals surface area contributed by atoms with Crippen molar-refractivity contribution < 1.29 is 13.2 Å². The Kier molecular flexibility index (Phi) is 3.58. The van der Waals surface area contributed by atoms with Gasteiger partial charge >= 0.3 is 6.18 Å². The first-order chi connectivity index (χ1) is 9.52. The monoisotopic (exact) mass is 300 g/mol. The van der Waals surface area contributed by atoms with Crippen LogP contribution in [-0.4, -0.2) is 17.2 Å². The maximum absolute atomic E-state index is 12.6. The topological polar surface area (TPSA) is 24.9 Å². The number of alkyl halides is 3. The molecule has 0 unspecified atom stereocenters. The van der Waals surface area contributed by atoms with Crippen molar-refractivity contribution >= 4 is 27.2 Å². The minimum Gasteiger partial charge on any atom is -0.382 e. The fraction of sp³-hybridized carbons (Fsp3) is 0.500. The van der Waals surface area contributed by atoms with Crippen molar-refractivity contribution in [1.82, 2.24) is 4.98 Å². The van der Waals surface area contributed by atoms with Gasteiger partial charge in [-0.15, -0.1) is 11.3 Å². The zero-order valence-electron chi connectivity index (χ0n) is 10.8. The van der Waals surface area contributed by atoms with Crippen LogP contribution >= 0.6 is 11.3 Å². The average Bonchev–Trinajstić information content (AvgIpc) is 2.86. The van der Waals surface area contributed by atoms with Crippen LogP contribution in [0.3, 0.4) is 0 Å². The van der Waals surface area contributed by atoms with Crippen LogP contribution in [0.5, 0.6) is 0 Å². The van der Waals surface area contributed by atoms with Gasteiger partial charge in [0.25, 0.3) is 0 Å². The zero-order chi connectivity index (χ0) is 14.2. The molecule has 1 saturated carbocycles. The van der Waals surface area contributed by atoms with Gasteiger partial charge in [0, 0.05) is 11.7 Å². The van der Waals surface area contributed by atoms with Crippen LogP contribution in [0.1, 0.15) is 25.7 Å². The molecule has 0 spiro atoms. The van der Waals surface area contributed by atoms with Crippen LogP contribution in [0.15, 0.2) is 23.7 Å². The lowest BCUT2D eigenvalue weighted by molar-refractivity contribution is -0.182. The molecule has 6 heteroatoms. The maximum atomic E-state index is 12.6. The second-order valence-corrected chi connectivity index (χ2v) is 6.16. The fourth-order valence-electron chi connectivity index (χ4n) is 2.75. The summed E-state index contributed by atoms with van der Waals surface area (Å²) in [6.45, 7) is 0. The largest absolute Gasteiger partial charge is 0.391 e. The Hall–Kier alpha value is -1.30. The number of rotatable bonds is 2. The van der Waals surface area contributed by atoms with Crippen LogP contribution in [-0.2, 0) is 0 Å². The number of halogens is 3. The highest BCUT2D eigenvalue weighted by Crippen LogP contribution is 2.38. The Labute approximate surface area is 119 Å². The Morgan fingerprint density at radius 1 is 1.15 bits per heavy atom. The summed E-state index contributed by atoms with van der Waals surface area (Å²) in [6.07, 6.45) is -2.43. The van der Waals surface area contributed by atoms with E-state index in [9.17, 15) is 13.2 Å². The number of hydrogen-bond donors (Lipinski definition) is 1. The van der Waals surface area contributed by atoms with Gasteiger partial charge < -0.3 is 5.32 Å². The first-order valence-corrected chi connectivity index (χ1v) is 7.57. The van der Waals surface area contributed by atoms with E-state index in [1.807, 2.05) is 18.2 Å². The number of nitrogens with one attached hydrogen (secondary N) is 1. The van der Waals surface area contributed by atoms with Crippen molar-refractivity contribution in [2.45, 2.75) is 37.9 Å². The van der Waals surface area contributed by atoms with Crippen molar-refractivity contribution in [2.24, 2.45) is 5.92 Å². The van der Waals surface area contributed by atoms with Gasteiger partial charge in [-0.25, -0.2) is 4.98 Å². The highest BCUT2D eigenvalue weighted by molar-refractivity contribution is 7.16. The first kappa shape index (κ1) is 13.7. The van der Waals surface area contributed by atoms with Crippen molar-refractivity contribution in [3.8, 4) is 0 Å². The van der Waals surface area contributed by atoms with Gasteiger partial charge in [-0.3, -0.25) is 0 Å². The molecule has 1 aliphatic rings. The van der Waals surface area contributed by atoms with Crippen LogP contribution in [0.4, 0.5) is 18.9 Å². The Morgan fingerprint density at radius 3 is 2.60 bits per heavy atom. The number of anilines is 1. The highest BCUT2D eigenvalue weighted by atomic mass is 32.1. The van der Waals surface area contributed by atoms with Gasteiger partial charge in [0.2, 0.25) is 0 Å². The number of fused-ring (bicyclic) bond motifs is 1. The van der Waals surface area contributed by atoms with E-state index in [0.29, 0.717) is 12.8 Å². The normalized spacial score (nSPS) is 23.9. The summed E-state index contributed by atoms with van der Waals surface area (Å²) in [5.74, 6) is -1.12. The van der Waals surface area contributed by atoms with Crippen LogP contribution in [0, 0.1) is 5.92 Å².